The lowest BCUT2D eigenvalue weighted by Crippen LogP contribution is -2.46. The predicted octanol–water partition coefficient (Wildman–Crippen LogP) is 4.51. The van der Waals surface area contributed by atoms with Gasteiger partial charge in [0.25, 0.3) is 0 Å². The van der Waals surface area contributed by atoms with Gasteiger partial charge in [-0.2, -0.15) is 0 Å². The molecule has 2 N–H and O–H groups in total. The Morgan fingerprint density at radius 3 is 2.37 bits per heavy atom. The maximum Gasteiger partial charge on any atom is 0.227 e. The molecule has 1 aliphatic heterocycles. The van der Waals surface area contributed by atoms with Gasteiger partial charge in [0.05, 0.1) is 18.3 Å². The minimum Gasteiger partial charge on any atom is -0.395 e. The molecule has 0 bridgehead atoms. The van der Waals surface area contributed by atoms with Crippen molar-refractivity contribution in [3.05, 3.63) is 65.6 Å². The Kier molecular flexibility index (Phi) is 7.64. The zero-order valence-electron chi connectivity index (χ0n) is 22.0. The number of aliphatic hydroxyl groups excluding tert-OH is 1. The van der Waals surface area contributed by atoms with Gasteiger partial charge in [0.15, 0.2) is 11.6 Å². The summed E-state index contributed by atoms with van der Waals surface area (Å²) in [6, 6.07) is 11.1. The molecule has 5 rings (SSSR count). The summed E-state index contributed by atoms with van der Waals surface area (Å²) in [6.45, 7) is 11.5. The van der Waals surface area contributed by atoms with E-state index in [1.54, 1.807) is 6.07 Å². The molecule has 0 spiro atoms. The number of nitrogens with one attached hydrogen (secondary N) is 1. The highest BCUT2D eigenvalue weighted by Gasteiger charge is 2.19. The van der Waals surface area contributed by atoms with Gasteiger partial charge in [-0.05, 0) is 50.6 Å². The van der Waals surface area contributed by atoms with Crippen LogP contribution < -0.4 is 5.32 Å². The Morgan fingerprint density at radius 1 is 0.974 bits per heavy atom. The summed E-state index contributed by atoms with van der Waals surface area (Å²) < 4.78 is 31.7. The van der Waals surface area contributed by atoms with Crippen molar-refractivity contribution in [1.82, 2.24) is 29.3 Å². The van der Waals surface area contributed by atoms with Crippen LogP contribution in [0.25, 0.3) is 22.3 Å². The van der Waals surface area contributed by atoms with Crippen molar-refractivity contribution in [3.63, 3.8) is 0 Å². The summed E-state index contributed by atoms with van der Waals surface area (Å²) >= 11 is 0. The van der Waals surface area contributed by atoms with Crippen molar-refractivity contribution in [2.24, 2.45) is 0 Å². The van der Waals surface area contributed by atoms with Crippen molar-refractivity contribution in [2.75, 3.05) is 44.6 Å². The molecule has 200 valence electrons. The fraction of sp³-hybridized carbons (Fsp3) is 0.393. The number of halogens is 2. The molecule has 2 aromatic carbocycles. The monoisotopic (exact) mass is 521 g/mol. The topological polar surface area (TPSA) is 82.3 Å². The number of piperazine rings is 1. The van der Waals surface area contributed by atoms with Crippen molar-refractivity contribution in [3.8, 4) is 11.3 Å². The van der Waals surface area contributed by atoms with Gasteiger partial charge in [-0.1, -0.05) is 12.1 Å². The number of fused-ring (bicyclic) bond motifs is 1. The smallest absolute Gasteiger partial charge is 0.227 e. The molecule has 0 radical (unpaired) electrons. The number of aromatic nitrogens is 4. The molecule has 0 aliphatic carbocycles. The van der Waals surface area contributed by atoms with Crippen LogP contribution in [0.1, 0.15) is 31.3 Å². The molecule has 0 saturated carbocycles. The summed E-state index contributed by atoms with van der Waals surface area (Å²) in [5, 5.41) is 12.2. The molecule has 10 heteroatoms. The first-order chi connectivity index (χ1) is 18.3. The molecule has 8 nitrogen and oxygen atoms in total. The Balaban J connectivity index is 1.32. The van der Waals surface area contributed by atoms with E-state index in [1.165, 1.54) is 11.6 Å². The lowest BCUT2D eigenvalue weighted by Gasteiger charge is -2.34. The van der Waals surface area contributed by atoms with Gasteiger partial charge in [0.2, 0.25) is 5.95 Å². The Morgan fingerprint density at radius 2 is 1.68 bits per heavy atom. The molecule has 2 aromatic heterocycles. The molecule has 1 fully saturated rings. The van der Waals surface area contributed by atoms with Crippen molar-refractivity contribution in [1.29, 1.82) is 0 Å². The fourth-order valence-corrected chi connectivity index (χ4v) is 5.08. The van der Waals surface area contributed by atoms with Crippen LogP contribution in [-0.2, 0) is 6.54 Å². The number of aliphatic hydroxyl groups is 1. The van der Waals surface area contributed by atoms with E-state index in [1.807, 2.05) is 49.6 Å². The highest BCUT2D eigenvalue weighted by Crippen LogP contribution is 2.30. The van der Waals surface area contributed by atoms with Crippen LogP contribution in [0.4, 0.5) is 20.4 Å². The number of anilines is 2. The third-order valence-corrected chi connectivity index (χ3v) is 6.96. The van der Waals surface area contributed by atoms with Crippen LogP contribution in [-0.4, -0.2) is 73.8 Å². The highest BCUT2D eigenvalue weighted by molar-refractivity contribution is 5.83. The van der Waals surface area contributed by atoms with E-state index in [0.29, 0.717) is 16.9 Å². The maximum absolute atomic E-state index is 15.0. The van der Waals surface area contributed by atoms with Crippen LogP contribution in [0.2, 0.25) is 0 Å². The molecule has 0 unspecified atom stereocenters. The number of rotatable bonds is 8. The second-order valence-corrected chi connectivity index (χ2v) is 10.0. The number of hydrogen-bond acceptors (Lipinski definition) is 7. The van der Waals surface area contributed by atoms with E-state index < -0.39 is 11.6 Å². The second kappa shape index (κ2) is 11.1. The SMILES string of the molecule is Cc1nc2c(F)cc(-c3nc(Nc4ccc(CN5CCN(CCO)CC5)cc4)ncc3F)cc2n1C(C)C. The molecule has 4 aromatic rings. The van der Waals surface area contributed by atoms with E-state index in [2.05, 4.69) is 30.1 Å². The number of benzene rings is 2. The minimum absolute atomic E-state index is 0.0226. The zero-order chi connectivity index (χ0) is 26.8. The van der Waals surface area contributed by atoms with Crippen LogP contribution in [0, 0.1) is 18.6 Å². The molecule has 1 saturated heterocycles. The van der Waals surface area contributed by atoms with Gasteiger partial charge in [-0.25, -0.2) is 23.7 Å². The molecular weight excluding hydrogens is 488 g/mol. The van der Waals surface area contributed by atoms with Gasteiger partial charge < -0.3 is 15.0 Å². The van der Waals surface area contributed by atoms with E-state index in [-0.39, 0.29) is 29.8 Å². The quantitative estimate of drug-likeness (QED) is 0.353. The van der Waals surface area contributed by atoms with Gasteiger partial charge in [-0.3, -0.25) is 9.80 Å². The predicted molar refractivity (Wildman–Crippen MR) is 144 cm³/mol. The summed E-state index contributed by atoms with van der Waals surface area (Å²) in [7, 11) is 0. The molecule has 0 atom stereocenters. The average Bonchev–Trinajstić information content (AvgIpc) is 3.24. The van der Waals surface area contributed by atoms with Crippen LogP contribution in [0.15, 0.2) is 42.6 Å². The third-order valence-electron chi connectivity index (χ3n) is 6.96. The number of hydrogen-bond donors (Lipinski definition) is 2. The van der Waals surface area contributed by atoms with Crippen molar-refractivity contribution >= 4 is 22.7 Å². The zero-order valence-corrected chi connectivity index (χ0v) is 22.0. The number of aryl methyl sites for hydroxylation is 1. The Bertz CT molecular complexity index is 1410. The lowest BCUT2D eigenvalue weighted by atomic mass is 10.1. The minimum atomic E-state index is -0.629. The normalized spacial score (nSPS) is 15.0. The summed E-state index contributed by atoms with van der Waals surface area (Å²) in [5.41, 5.74) is 3.18. The maximum atomic E-state index is 15.0. The van der Waals surface area contributed by atoms with Gasteiger partial charge in [-0.15, -0.1) is 0 Å². The average molecular weight is 522 g/mol. The standard InChI is InChI=1S/C28H33F2N7O/c1-18(2)37-19(3)32-27-23(29)14-21(15-25(27)37)26-24(30)16-31-28(34-26)33-22-6-4-20(5-7-22)17-36-10-8-35(9-11-36)12-13-38/h4-7,14-16,18,38H,8-13,17H2,1-3H3,(H,31,33,34). The number of imidazole rings is 1. The lowest BCUT2D eigenvalue weighted by molar-refractivity contribution is 0.108. The molecule has 0 amide bonds. The van der Waals surface area contributed by atoms with Crippen LogP contribution >= 0.6 is 0 Å². The fourth-order valence-electron chi connectivity index (χ4n) is 5.08. The van der Waals surface area contributed by atoms with Crippen LogP contribution in [0.3, 0.4) is 0 Å². The van der Waals surface area contributed by atoms with Gasteiger partial charge in [0.1, 0.15) is 17.0 Å². The first kappa shape index (κ1) is 26.1. The van der Waals surface area contributed by atoms with E-state index >= 15 is 0 Å². The van der Waals surface area contributed by atoms with E-state index in [4.69, 9.17) is 5.11 Å². The van der Waals surface area contributed by atoms with Crippen molar-refractivity contribution in [2.45, 2.75) is 33.4 Å². The molecule has 1 aliphatic rings. The molecule has 38 heavy (non-hydrogen) atoms. The number of nitrogens with zero attached hydrogens (tertiary/aromatic N) is 6. The second-order valence-electron chi connectivity index (χ2n) is 10.0. The first-order valence-electron chi connectivity index (χ1n) is 12.9. The summed E-state index contributed by atoms with van der Waals surface area (Å²) in [6.07, 6.45) is 1.10. The van der Waals surface area contributed by atoms with Gasteiger partial charge >= 0.3 is 0 Å². The largest absolute Gasteiger partial charge is 0.395 e. The third kappa shape index (κ3) is 5.52. The highest BCUT2D eigenvalue weighted by atomic mass is 19.1. The van der Waals surface area contributed by atoms with Crippen molar-refractivity contribution < 1.29 is 13.9 Å². The Hall–Kier alpha value is -3.47. The van der Waals surface area contributed by atoms with E-state index in [0.717, 1.165) is 51.2 Å². The van der Waals surface area contributed by atoms with Crippen LogP contribution in [0.5, 0.6) is 0 Å². The Labute approximate surface area is 221 Å². The first-order valence-corrected chi connectivity index (χ1v) is 12.9. The van der Waals surface area contributed by atoms with Gasteiger partial charge in [0, 0.05) is 56.6 Å². The van der Waals surface area contributed by atoms with E-state index in [9.17, 15) is 8.78 Å². The summed E-state index contributed by atoms with van der Waals surface area (Å²) in [4.78, 5) is 17.5. The summed E-state index contributed by atoms with van der Waals surface area (Å²) in [5.74, 6) is -0.221. The molecule has 3 heterocycles. The number of β-amino-alcohol motifs (C(OH)–C–C–N with tert-alkyl or cyclic N) is 1. The molecular formula is C28H33F2N7O.